The second kappa shape index (κ2) is 5.29. The Hall–Kier alpha value is -2.07. The van der Waals surface area contributed by atoms with E-state index in [4.69, 9.17) is 21.3 Å². The van der Waals surface area contributed by atoms with Crippen LogP contribution in [0.2, 0.25) is 5.15 Å². The molecule has 1 aliphatic rings. The number of fused-ring (bicyclic) bond motifs is 2. The largest absolute Gasteiger partial charge is 0.497 e. The van der Waals surface area contributed by atoms with Gasteiger partial charge in [0.15, 0.2) is 5.65 Å². The highest BCUT2D eigenvalue weighted by Gasteiger charge is 2.18. The molecule has 1 aliphatic carbocycles. The van der Waals surface area contributed by atoms with Crippen LogP contribution in [-0.2, 0) is 12.8 Å². The summed E-state index contributed by atoms with van der Waals surface area (Å²) in [6, 6.07) is 9.84. The summed E-state index contributed by atoms with van der Waals surface area (Å²) in [6.45, 7) is 0. The van der Waals surface area contributed by atoms with Crippen LogP contribution < -0.4 is 4.74 Å². The average molecular weight is 314 g/mol. The Morgan fingerprint density at radius 1 is 1.14 bits per heavy atom. The van der Waals surface area contributed by atoms with Crippen molar-refractivity contribution in [2.75, 3.05) is 7.11 Å². The zero-order valence-corrected chi connectivity index (χ0v) is 13.1. The molecule has 2 aromatic heterocycles. The number of hydrogen-bond acceptors (Lipinski definition) is 3. The molecule has 0 fully saturated rings. The van der Waals surface area contributed by atoms with Gasteiger partial charge in [0.05, 0.1) is 12.8 Å². The quantitative estimate of drug-likeness (QED) is 0.673. The number of rotatable bonds is 2. The average Bonchev–Trinajstić information content (AvgIpc) is 2.99. The minimum absolute atomic E-state index is 0.708. The molecule has 3 aromatic rings. The Balaban J connectivity index is 1.84. The molecule has 112 valence electrons. The van der Waals surface area contributed by atoms with Crippen molar-refractivity contribution in [3.8, 4) is 17.0 Å². The van der Waals surface area contributed by atoms with Crippen molar-refractivity contribution >= 4 is 17.2 Å². The zero-order chi connectivity index (χ0) is 15.1. The van der Waals surface area contributed by atoms with E-state index >= 15 is 0 Å². The highest BCUT2D eigenvalue weighted by atomic mass is 35.5. The molecule has 0 unspecified atom stereocenters. The normalized spacial score (nSPS) is 14.1. The molecule has 0 amide bonds. The van der Waals surface area contributed by atoms with Gasteiger partial charge in [0.25, 0.3) is 0 Å². The number of methoxy groups -OCH3 is 1. The van der Waals surface area contributed by atoms with Crippen LogP contribution in [0.25, 0.3) is 16.9 Å². The van der Waals surface area contributed by atoms with Crippen molar-refractivity contribution in [2.24, 2.45) is 0 Å². The second-order valence-corrected chi connectivity index (χ2v) is 5.92. The van der Waals surface area contributed by atoms with E-state index in [1.54, 1.807) is 11.6 Å². The fourth-order valence-electron chi connectivity index (χ4n) is 3.00. The third-order valence-corrected chi connectivity index (χ3v) is 4.59. The van der Waals surface area contributed by atoms with E-state index < -0.39 is 0 Å². The van der Waals surface area contributed by atoms with Crippen molar-refractivity contribution < 1.29 is 4.74 Å². The molecule has 4 nitrogen and oxygen atoms in total. The molecule has 0 saturated carbocycles. The molecule has 0 atom stereocenters. The Morgan fingerprint density at radius 2 is 1.91 bits per heavy atom. The maximum absolute atomic E-state index is 6.55. The number of benzene rings is 1. The summed E-state index contributed by atoms with van der Waals surface area (Å²) in [4.78, 5) is 4.75. The molecular formula is C17H16ClN3O. The zero-order valence-electron chi connectivity index (χ0n) is 12.3. The Labute approximate surface area is 133 Å². The van der Waals surface area contributed by atoms with Crippen LogP contribution in [0.3, 0.4) is 0 Å². The summed E-state index contributed by atoms with van der Waals surface area (Å²) >= 11 is 6.55. The molecule has 1 aromatic carbocycles. The van der Waals surface area contributed by atoms with Gasteiger partial charge in [-0.05, 0) is 49.9 Å². The highest BCUT2D eigenvalue weighted by Crippen LogP contribution is 2.29. The van der Waals surface area contributed by atoms with Gasteiger partial charge in [0, 0.05) is 22.9 Å². The maximum atomic E-state index is 6.55. The lowest BCUT2D eigenvalue weighted by atomic mass is 9.97. The fraction of sp³-hybridized carbons (Fsp3) is 0.294. The Kier molecular flexibility index (Phi) is 3.26. The minimum atomic E-state index is 0.708. The summed E-state index contributed by atoms with van der Waals surface area (Å²) in [6.07, 6.45) is 4.36. The highest BCUT2D eigenvalue weighted by molar-refractivity contribution is 6.30. The number of nitrogens with zero attached hydrogens (tertiary/aromatic N) is 3. The minimum Gasteiger partial charge on any atom is -0.497 e. The first-order chi connectivity index (χ1) is 10.8. The number of halogens is 1. The summed E-state index contributed by atoms with van der Waals surface area (Å²) in [5.74, 6) is 0.833. The molecule has 0 bridgehead atoms. The SMILES string of the molecule is COc1ccc(-c2cc3nc4c(c(Cl)n3n2)CCCC4)cc1. The van der Waals surface area contributed by atoms with Gasteiger partial charge < -0.3 is 4.74 Å². The first-order valence-corrected chi connectivity index (χ1v) is 7.85. The third kappa shape index (κ3) is 2.15. The van der Waals surface area contributed by atoms with Crippen LogP contribution in [0, 0.1) is 0 Å². The molecule has 0 spiro atoms. The van der Waals surface area contributed by atoms with Gasteiger partial charge in [-0.1, -0.05) is 11.6 Å². The molecule has 22 heavy (non-hydrogen) atoms. The monoisotopic (exact) mass is 313 g/mol. The van der Waals surface area contributed by atoms with Gasteiger partial charge in [0.1, 0.15) is 10.9 Å². The maximum Gasteiger partial charge on any atom is 0.157 e. The Morgan fingerprint density at radius 3 is 2.68 bits per heavy atom. The topological polar surface area (TPSA) is 39.4 Å². The van der Waals surface area contributed by atoms with E-state index in [2.05, 4.69) is 5.10 Å². The second-order valence-electron chi connectivity index (χ2n) is 5.56. The van der Waals surface area contributed by atoms with E-state index in [-0.39, 0.29) is 0 Å². The van der Waals surface area contributed by atoms with Crippen LogP contribution in [0.4, 0.5) is 0 Å². The number of aromatic nitrogens is 3. The molecule has 5 heteroatoms. The van der Waals surface area contributed by atoms with Gasteiger partial charge in [-0.15, -0.1) is 0 Å². The van der Waals surface area contributed by atoms with E-state index in [0.29, 0.717) is 5.15 Å². The van der Waals surface area contributed by atoms with Gasteiger partial charge >= 0.3 is 0 Å². The van der Waals surface area contributed by atoms with Crippen molar-refractivity contribution in [1.82, 2.24) is 14.6 Å². The van der Waals surface area contributed by atoms with Crippen LogP contribution in [0.15, 0.2) is 30.3 Å². The van der Waals surface area contributed by atoms with Gasteiger partial charge in [-0.3, -0.25) is 0 Å². The number of hydrogen-bond donors (Lipinski definition) is 0. The molecule has 0 aliphatic heterocycles. The molecule has 4 rings (SSSR count). The van der Waals surface area contributed by atoms with Crippen molar-refractivity contribution in [3.63, 3.8) is 0 Å². The van der Waals surface area contributed by atoms with Crippen molar-refractivity contribution in [3.05, 3.63) is 46.7 Å². The predicted molar refractivity (Wildman–Crippen MR) is 86.6 cm³/mol. The predicted octanol–water partition coefficient (Wildman–Crippen LogP) is 3.94. The summed E-state index contributed by atoms with van der Waals surface area (Å²) < 4.78 is 6.95. The van der Waals surface area contributed by atoms with E-state index in [9.17, 15) is 0 Å². The lowest BCUT2D eigenvalue weighted by Crippen LogP contribution is -2.09. The lowest BCUT2D eigenvalue weighted by Gasteiger charge is -2.16. The molecular weight excluding hydrogens is 298 g/mol. The Bertz CT molecular complexity index is 839. The first-order valence-electron chi connectivity index (χ1n) is 7.48. The van der Waals surface area contributed by atoms with Gasteiger partial charge in [-0.2, -0.15) is 5.10 Å². The van der Waals surface area contributed by atoms with Crippen molar-refractivity contribution in [1.29, 1.82) is 0 Å². The first kappa shape index (κ1) is 13.6. The summed E-state index contributed by atoms with van der Waals surface area (Å²) in [5, 5.41) is 5.34. The summed E-state index contributed by atoms with van der Waals surface area (Å²) in [5.41, 5.74) is 5.01. The van der Waals surface area contributed by atoms with Gasteiger partial charge in [0.2, 0.25) is 0 Å². The van der Waals surface area contributed by atoms with Crippen LogP contribution >= 0.6 is 11.6 Å². The van der Waals surface area contributed by atoms with Crippen LogP contribution in [0.1, 0.15) is 24.1 Å². The molecule has 0 radical (unpaired) electrons. The van der Waals surface area contributed by atoms with Gasteiger partial charge in [-0.25, -0.2) is 9.50 Å². The fourth-order valence-corrected chi connectivity index (χ4v) is 3.33. The van der Waals surface area contributed by atoms with E-state index in [0.717, 1.165) is 46.8 Å². The molecule has 0 saturated heterocycles. The van der Waals surface area contributed by atoms with E-state index in [1.807, 2.05) is 30.3 Å². The van der Waals surface area contributed by atoms with Crippen LogP contribution in [-0.4, -0.2) is 21.7 Å². The van der Waals surface area contributed by atoms with Crippen molar-refractivity contribution in [2.45, 2.75) is 25.7 Å². The third-order valence-electron chi connectivity index (χ3n) is 4.20. The summed E-state index contributed by atoms with van der Waals surface area (Å²) in [7, 11) is 1.66. The smallest absolute Gasteiger partial charge is 0.157 e. The van der Waals surface area contributed by atoms with Crippen LogP contribution in [0.5, 0.6) is 5.75 Å². The standard InChI is InChI=1S/C17H16ClN3O/c1-22-12-8-6-11(7-9-12)15-10-16-19-14-5-3-2-4-13(14)17(18)21(16)20-15/h6-10H,2-5H2,1H3. The number of aryl methyl sites for hydroxylation is 1. The molecule has 0 N–H and O–H groups in total. The van der Waals surface area contributed by atoms with E-state index in [1.165, 1.54) is 12.8 Å². The number of ether oxygens (including phenoxy) is 1. The molecule has 2 heterocycles. The lowest BCUT2D eigenvalue weighted by molar-refractivity contribution is 0.415.